The zero-order chi connectivity index (χ0) is 22.0. The van der Waals surface area contributed by atoms with Gasteiger partial charge in [0.1, 0.15) is 5.82 Å². The Labute approximate surface area is 184 Å². The normalized spacial score (nSPS) is 11.0. The van der Waals surface area contributed by atoms with E-state index < -0.39 is 0 Å². The first kappa shape index (κ1) is 20.7. The Bertz CT molecular complexity index is 1200. The van der Waals surface area contributed by atoms with Crippen molar-refractivity contribution >= 4 is 23.7 Å². The van der Waals surface area contributed by atoms with Crippen molar-refractivity contribution in [3.05, 3.63) is 59.7 Å². The summed E-state index contributed by atoms with van der Waals surface area (Å²) in [7, 11) is 3.73. The highest BCUT2D eigenvalue weighted by Crippen LogP contribution is 2.30. The van der Waals surface area contributed by atoms with Gasteiger partial charge in [-0.25, -0.2) is 0 Å². The molecule has 4 aromatic rings. The Morgan fingerprint density at radius 1 is 0.968 bits per heavy atom. The molecule has 0 saturated carbocycles. The van der Waals surface area contributed by atoms with Crippen molar-refractivity contribution in [2.24, 2.45) is 0 Å². The van der Waals surface area contributed by atoms with Crippen LogP contribution in [0.5, 0.6) is 0 Å². The number of aromatic nitrogens is 7. The average Bonchev–Trinajstić information content (AvgIpc) is 3.18. The van der Waals surface area contributed by atoms with E-state index in [4.69, 9.17) is 5.73 Å². The third-order valence-electron chi connectivity index (χ3n) is 4.74. The Morgan fingerprint density at radius 3 is 2.45 bits per heavy atom. The van der Waals surface area contributed by atoms with E-state index in [1.54, 1.807) is 17.3 Å². The highest BCUT2D eigenvalue weighted by Gasteiger charge is 2.18. The van der Waals surface area contributed by atoms with Gasteiger partial charge in [-0.1, -0.05) is 17.8 Å². The second-order valence-corrected chi connectivity index (χ2v) is 8.18. The minimum Gasteiger partial charge on any atom is -0.368 e. The summed E-state index contributed by atoms with van der Waals surface area (Å²) < 4.78 is 2.05. The van der Waals surface area contributed by atoms with Crippen molar-refractivity contribution < 1.29 is 0 Å². The molecule has 2 N–H and O–H groups in total. The Hall–Kier alpha value is -3.53. The van der Waals surface area contributed by atoms with Crippen LogP contribution >= 0.6 is 11.8 Å². The molecule has 0 amide bonds. The molecule has 4 rings (SSSR count). The van der Waals surface area contributed by atoms with Crippen LogP contribution in [0.4, 0.5) is 11.9 Å². The van der Waals surface area contributed by atoms with Gasteiger partial charge in [0.05, 0.1) is 11.4 Å². The number of thioether (sulfide) groups is 1. The highest BCUT2D eigenvalue weighted by molar-refractivity contribution is 7.98. The Balaban J connectivity index is 1.73. The van der Waals surface area contributed by atoms with Gasteiger partial charge in [-0.15, -0.1) is 10.2 Å². The van der Waals surface area contributed by atoms with Gasteiger partial charge in [0.2, 0.25) is 11.9 Å². The van der Waals surface area contributed by atoms with E-state index in [2.05, 4.69) is 62.2 Å². The molecule has 1 aromatic carbocycles. The third kappa shape index (κ3) is 4.48. The summed E-state index contributed by atoms with van der Waals surface area (Å²) in [5.41, 5.74) is 10.2. The van der Waals surface area contributed by atoms with Gasteiger partial charge in [0.15, 0.2) is 11.0 Å². The van der Waals surface area contributed by atoms with Gasteiger partial charge in [0, 0.05) is 32.1 Å². The lowest BCUT2D eigenvalue weighted by molar-refractivity contribution is 0.877. The maximum Gasteiger partial charge on any atom is 0.229 e. The van der Waals surface area contributed by atoms with E-state index in [0.717, 1.165) is 22.2 Å². The van der Waals surface area contributed by atoms with E-state index >= 15 is 0 Å². The SMILES string of the molecule is Cc1ccc(-n2c(SCc3nc(N)nc(N(C)C)n3)nnc2-c2ccncc2)cc1C. The molecule has 3 aromatic heterocycles. The van der Waals surface area contributed by atoms with Crippen LogP contribution < -0.4 is 10.6 Å². The molecule has 0 fully saturated rings. The number of benzene rings is 1. The van der Waals surface area contributed by atoms with Crippen LogP contribution in [0.1, 0.15) is 17.0 Å². The number of nitrogens with two attached hydrogens (primary N) is 1. The first-order chi connectivity index (χ1) is 14.9. The van der Waals surface area contributed by atoms with Gasteiger partial charge in [-0.05, 0) is 49.2 Å². The smallest absolute Gasteiger partial charge is 0.229 e. The van der Waals surface area contributed by atoms with Crippen molar-refractivity contribution in [1.29, 1.82) is 0 Å². The monoisotopic (exact) mass is 433 g/mol. The van der Waals surface area contributed by atoms with Gasteiger partial charge in [-0.2, -0.15) is 15.0 Å². The van der Waals surface area contributed by atoms with Gasteiger partial charge in [-0.3, -0.25) is 9.55 Å². The van der Waals surface area contributed by atoms with E-state index in [-0.39, 0.29) is 5.95 Å². The number of nitrogens with zero attached hydrogens (tertiary/aromatic N) is 8. The van der Waals surface area contributed by atoms with Gasteiger partial charge >= 0.3 is 0 Å². The predicted octanol–water partition coefficient (Wildman–Crippen LogP) is 3.07. The van der Waals surface area contributed by atoms with E-state index in [9.17, 15) is 0 Å². The second-order valence-electron chi connectivity index (χ2n) is 7.24. The largest absolute Gasteiger partial charge is 0.368 e. The van der Waals surface area contributed by atoms with Crippen molar-refractivity contribution in [3.8, 4) is 17.1 Å². The molecule has 0 unspecified atom stereocenters. The Morgan fingerprint density at radius 2 is 1.74 bits per heavy atom. The number of pyridine rings is 1. The van der Waals surface area contributed by atoms with Gasteiger partial charge < -0.3 is 10.6 Å². The fourth-order valence-corrected chi connectivity index (χ4v) is 3.77. The molecular weight excluding hydrogens is 410 g/mol. The number of hydrogen-bond acceptors (Lipinski definition) is 9. The topological polar surface area (TPSA) is 112 Å². The van der Waals surface area contributed by atoms with Crippen LogP contribution in [0.25, 0.3) is 17.1 Å². The molecule has 10 heteroatoms. The summed E-state index contributed by atoms with van der Waals surface area (Å²) >= 11 is 1.50. The van der Waals surface area contributed by atoms with E-state index in [1.807, 2.05) is 30.8 Å². The summed E-state index contributed by atoms with van der Waals surface area (Å²) in [4.78, 5) is 18.8. The molecule has 158 valence electrons. The fourth-order valence-electron chi connectivity index (χ4n) is 2.97. The molecule has 9 nitrogen and oxygen atoms in total. The van der Waals surface area contributed by atoms with E-state index in [0.29, 0.717) is 17.5 Å². The number of aryl methyl sites for hydroxylation is 2. The zero-order valence-electron chi connectivity index (χ0n) is 17.8. The molecule has 0 aliphatic rings. The van der Waals surface area contributed by atoms with Crippen LogP contribution in [0.3, 0.4) is 0 Å². The molecule has 3 heterocycles. The quantitative estimate of drug-likeness (QED) is 0.458. The van der Waals surface area contributed by atoms with E-state index in [1.165, 1.54) is 22.9 Å². The van der Waals surface area contributed by atoms with Crippen LogP contribution in [-0.2, 0) is 5.75 Å². The number of rotatable bonds is 6. The van der Waals surface area contributed by atoms with Crippen molar-refractivity contribution in [3.63, 3.8) is 0 Å². The minimum atomic E-state index is 0.197. The first-order valence-electron chi connectivity index (χ1n) is 9.66. The molecule has 0 atom stereocenters. The molecule has 0 radical (unpaired) electrons. The lowest BCUT2D eigenvalue weighted by atomic mass is 10.1. The Kier molecular flexibility index (Phi) is 5.81. The predicted molar refractivity (Wildman–Crippen MR) is 122 cm³/mol. The standard InChI is InChI=1S/C21H23N9S/c1-13-5-6-16(11-14(13)2)30-18(15-7-9-23-10-8-15)27-28-21(30)31-12-17-24-19(22)26-20(25-17)29(3)4/h5-11H,12H2,1-4H3,(H2,22,24,25,26). The van der Waals surface area contributed by atoms with Crippen molar-refractivity contribution in [2.75, 3.05) is 24.7 Å². The molecule has 0 saturated heterocycles. The number of anilines is 2. The minimum absolute atomic E-state index is 0.197. The van der Waals surface area contributed by atoms with Gasteiger partial charge in [0.25, 0.3) is 0 Å². The molecule has 0 aliphatic carbocycles. The third-order valence-corrected chi connectivity index (χ3v) is 5.66. The summed E-state index contributed by atoms with van der Waals surface area (Å²) in [6, 6.07) is 10.2. The molecular formula is C21H23N9S. The van der Waals surface area contributed by atoms with Crippen LogP contribution in [0.2, 0.25) is 0 Å². The van der Waals surface area contributed by atoms with Crippen LogP contribution in [0.15, 0.2) is 47.9 Å². The molecule has 31 heavy (non-hydrogen) atoms. The van der Waals surface area contributed by atoms with Crippen LogP contribution in [0, 0.1) is 13.8 Å². The summed E-state index contributed by atoms with van der Waals surface area (Å²) in [5, 5.41) is 9.66. The molecule has 0 spiro atoms. The molecule has 0 bridgehead atoms. The lowest BCUT2D eigenvalue weighted by Crippen LogP contribution is -2.16. The summed E-state index contributed by atoms with van der Waals surface area (Å²) in [6.45, 7) is 4.19. The van der Waals surface area contributed by atoms with Crippen molar-refractivity contribution in [2.45, 2.75) is 24.8 Å². The fraction of sp³-hybridized carbons (Fsp3) is 0.238. The lowest BCUT2D eigenvalue weighted by Gasteiger charge is -2.13. The first-order valence-corrected chi connectivity index (χ1v) is 10.6. The number of hydrogen-bond donors (Lipinski definition) is 1. The summed E-state index contributed by atoms with van der Waals surface area (Å²) in [6.07, 6.45) is 3.50. The highest BCUT2D eigenvalue weighted by atomic mass is 32.2. The maximum atomic E-state index is 5.86. The zero-order valence-corrected chi connectivity index (χ0v) is 18.6. The second kappa shape index (κ2) is 8.68. The van der Waals surface area contributed by atoms with Crippen molar-refractivity contribution in [1.82, 2.24) is 34.7 Å². The molecule has 0 aliphatic heterocycles. The summed E-state index contributed by atoms with van der Waals surface area (Å²) in [5.74, 6) is 2.53. The maximum absolute atomic E-state index is 5.86. The average molecular weight is 434 g/mol. The number of nitrogen functional groups attached to an aromatic ring is 1. The van der Waals surface area contributed by atoms with Crippen LogP contribution in [-0.4, -0.2) is 48.8 Å².